The highest BCUT2D eigenvalue weighted by atomic mass is 16.5. The van der Waals surface area contributed by atoms with Crippen LogP contribution in [0, 0.1) is 0 Å². The quantitative estimate of drug-likeness (QED) is 0.773. The van der Waals surface area contributed by atoms with E-state index in [0.717, 1.165) is 11.3 Å². The Morgan fingerprint density at radius 2 is 1.80 bits per heavy atom. The number of hydrogen-bond acceptors (Lipinski definition) is 5. The number of benzene rings is 1. The molecular formula is C19H24N2O4. The first-order valence-corrected chi connectivity index (χ1v) is 7.98. The van der Waals surface area contributed by atoms with Crippen molar-refractivity contribution in [3.8, 4) is 17.4 Å². The zero-order valence-electron chi connectivity index (χ0n) is 15.3. The van der Waals surface area contributed by atoms with Crippen LogP contribution in [0.5, 0.6) is 17.4 Å². The second kappa shape index (κ2) is 8.37. The van der Waals surface area contributed by atoms with Gasteiger partial charge in [0.25, 0.3) is 5.91 Å². The lowest BCUT2D eigenvalue weighted by Gasteiger charge is -2.26. The minimum absolute atomic E-state index is 0.0318. The molecule has 0 saturated heterocycles. The normalized spacial score (nSPS) is 11.6. The van der Waals surface area contributed by atoms with E-state index in [1.165, 1.54) is 20.4 Å². The number of rotatable bonds is 7. The third kappa shape index (κ3) is 4.21. The molecule has 0 saturated carbocycles. The molecule has 0 aliphatic carbocycles. The zero-order valence-corrected chi connectivity index (χ0v) is 15.3. The number of likely N-dealkylation sites (N-methyl/N-ethyl adjacent to an activating group) is 1. The van der Waals surface area contributed by atoms with Crippen LogP contribution in [-0.4, -0.2) is 50.2 Å². The maximum absolute atomic E-state index is 12.8. The molecule has 25 heavy (non-hydrogen) atoms. The van der Waals surface area contributed by atoms with Crippen LogP contribution in [-0.2, 0) is 6.42 Å². The van der Waals surface area contributed by atoms with Gasteiger partial charge in [0.2, 0.25) is 5.88 Å². The van der Waals surface area contributed by atoms with E-state index >= 15 is 0 Å². The first-order chi connectivity index (χ1) is 12.0. The van der Waals surface area contributed by atoms with Crippen LogP contribution in [0.4, 0.5) is 0 Å². The van der Waals surface area contributed by atoms with Crippen molar-refractivity contribution in [3.05, 3.63) is 47.7 Å². The van der Waals surface area contributed by atoms with Crippen LogP contribution in [0.25, 0.3) is 0 Å². The molecule has 1 amide bonds. The highest BCUT2D eigenvalue weighted by Crippen LogP contribution is 2.25. The number of pyridine rings is 1. The summed E-state index contributed by atoms with van der Waals surface area (Å²) in [6.45, 7) is 1.99. The fourth-order valence-electron chi connectivity index (χ4n) is 2.58. The van der Waals surface area contributed by atoms with Crippen LogP contribution in [0.3, 0.4) is 0 Å². The number of hydrogen-bond donors (Lipinski definition) is 0. The van der Waals surface area contributed by atoms with E-state index in [0.29, 0.717) is 23.6 Å². The summed E-state index contributed by atoms with van der Waals surface area (Å²) in [7, 11) is 6.45. The summed E-state index contributed by atoms with van der Waals surface area (Å²) < 4.78 is 15.8. The summed E-state index contributed by atoms with van der Waals surface area (Å²) in [5.41, 5.74) is 1.45. The number of amides is 1. The van der Waals surface area contributed by atoms with E-state index in [1.807, 2.05) is 31.2 Å². The van der Waals surface area contributed by atoms with Crippen LogP contribution >= 0.6 is 0 Å². The van der Waals surface area contributed by atoms with Crippen molar-refractivity contribution in [2.75, 3.05) is 28.4 Å². The van der Waals surface area contributed by atoms with Crippen molar-refractivity contribution in [2.45, 2.75) is 19.4 Å². The molecule has 0 fully saturated rings. The summed E-state index contributed by atoms with van der Waals surface area (Å²) in [5.74, 6) is 1.50. The van der Waals surface area contributed by atoms with Crippen molar-refractivity contribution < 1.29 is 19.0 Å². The minimum atomic E-state index is -0.158. The van der Waals surface area contributed by atoms with E-state index in [9.17, 15) is 4.79 Å². The molecule has 0 aliphatic heterocycles. The van der Waals surface area contributed by atoms with Gasteiger partial charge in [0.1, 0.15) is 17.1 Å². The molecule has 0 radical (unpaired) electrons. The highest BCUT2D eigenvalue weighted by Gasteiger charge is 2.22. The Balaban J connectivity index is 2.19. The minimum Gasteiger partial charge on any atom is -0.496 e. The van der Waals surface area contributed by atoms with Crippen molar-refractivity contribution in [1.29, 1.82) is 0 Å². The third-order valence-corrected chi connectivity index (χ3v) is 4.19. The van der Waals surface area contributed by atoms with Gasteiger partial charge < -0.3 is 19.1 Å². The van der Waals surface area contributed by atoms with Gasteiger partial charge in [-0.2, -0.15) is 0 Å². The Morgan fingerprint density at radius 1 is 1.12 bits per heavy atom. The van der Waals surface area contributed by atoms with E-state index in [4.69, 9.17) is 14.2 Å². The van der Waals surface area contributed by atoms with Gasteiger partial charge in [-0.1, -0.05) is 18.2 Å². The molecule has 2 rings (SSSR count). The maximum Gasteiger partial charge on any atom is 0.259 e. The molecule has 6 nitrogen and oxygen atoms in total. The molecule has 1 aromatic heterocycles. The largest absolute Gasteiger partial charge is 0.496 e. The Hall–Kier alpha value is -2.76. The monoisotopic (exact) mass is 344 g/mol. The van der Waals surface area contributed by atoms with Crippen LogP contribution in [0.15, 0.2) is 36.5 Å². The van der Waals surface area contributed by atoms with E-state index in [1.54, 1.807) is 25.1 Å². The van der Waals surface area contributed by atoms with Gasteiger partial charge in [-0.05, 0) is 25.0 Å². The number of carbonyl (C=O) groups is 1. The lowest BCUT2D eigenvalue weighted by atomic mass is 10.0. The van der Waals surface area contributed by atoms with Crippen molar-refractivity contribution in [1.82, 2.24) is 9.88 Å². The van der Waals surface area contributed by atoms with E-state index in [2.05, 4.69) is 4.98 Å². The Morgan fingerprint density at radius 3 is 2.44 bits per heavy atom. The predicted octanol–water partition coefficient (Wildman–Crippen LogP) is 2.81. The van der Waals surface area contributed by atoms with Crippen LogP contribution < -0.4 is 14.2 Å². The second-order valence-corrected chi connectivity index (χ2v) is 5.71. The summed E-state index contributed by atoms with van der Waals surface area (Å²) >= 11 is 0. The molecule has 0 bridgehead atoms. The van der Waals surface area contributed by atoms with Crippen LogP contribution in [0.2, 0.25) is 0 Å². The van der Waals surface area contributed by atoms with Gasteiger partial charge in [0.05, 0.1) is 21.3 Å². The van der Waals surface area contributed by atoms with Crippen molar-refractivity contribution in [2.24, 2.45) is 0 Å². The molecule has 6 heteroatoms. The zero-order chi connectivity index (χ0) is 18.4. The lowest BCUT2D eigenvalue weighted by Crippen LogP contribution is -2.36. The molecular weight excluding hydrogens is 320 g/mol. The Bertz CT molecular complexity index is 733. The molecule has 2 aromatic rings. The smallest absolute Gasteiger partial charge is 0.259 e. The second-order valence-electron chi connectivity index (χ2n) is 5.71. The molecule has 1 atom stereocenters. The number of nitrogens with zero attached hydrogens (tertiary/aromatic N) is 2. The lowest BCUT2D eigenvalue weighted by molar-refractivity contribution is 0.0739. The molecule has 1 heterocycles. The standard InChI is InChI=1S/C19H24N2O4/c1-13(10-14-8-6-7-9-16(14)23-3)21(2)19(22)15-12-20-18(25-5)11-17(15)24-4/h6-9,11-13H,10H2,1-5H3. The molecule has 0 spiro atoms. The first kappa shape index (κ1) is 18.6. The van der Waals surface area contributed by atoms with Gasteiger partial charge >= 0.3 is 0 Å². The summed E-state index contributed by atoms with van der Waals surface area (Å²) in [6.07, 6.45) is 2.16. The Labute approximate surface area is 148 Å². The number of para-hydroxylation sites is 1. The molecule has 1 aromatic carbocycles. The third-order valence-electron chi connectivity index (χ3n) is 4.19. The van der Waals surface area contributed by atoms with Crippen molar-refractivity contribution in [3.63, 3.8) is 0 Å². The molecule has 0 N–H and O–H groups in total. The summed E-state index contributed by atoms with van der Waals surface area (Å²) in [5, 5.41) is 0. The maximum atomic E-state index is 12.8. The average molecular weight is 344 g/mol. The highest BCUT2D eigenvalue weighted by molar-refractivity contribution is 5.96. The van der Waals surface area contributed by atoms with E-state index < -0.39 is 0 Å². The topological polar surface area (TPSA) is 60.9 Å². The van der Waals surface area contributed by atoms with Gasteiger partial charge in [-0.3, -0.25) is 4.79 Å². The van der Waals surface area contributed by atoms with Crippen LogP contribution in [0.1, 0.15) is 22.8 Å². The fraction of sp³-hybridized carbons (Fsp3) is 0.368. The number of ether oxygens (including phenoxy) is 3. The van der Waals surface area contributed by atoms with Gasteiger partial charge in [0.15, 0.2) is 0 Å². The first-order valence-electron chi connectivity index (χ1n) is 7.98. The SMILES string of the molecule is COc1cc(OC)c(C(=O)N(C)C(C)Cc2ccccc2OC)cn1. The van der Waals surface area contributed by atoms with Gasteiger partial charge in [0, 0.05) is 25.4 Å². The van der Waals surface area contributed by atoms with Gasteiger partial charge in [-0.15, -0.1) is 0 Å². The van der Waals surface area contributed by atoms with Gasteiger partial charge in [-0.25, -0.2) is 4.98 Å². The number of carbonyl (C=O) groups excluding carboxylic acids is 1. The number of aromatic nitrogens is 1. The summed E-state index contributed by atoms with van der Waals surface area (Å²) in [6, 6.07) is 9.38. The number of methoxy groups -OCH3 is 3. The molecule has 0 aliphatic rings. The Kier molecular flexibility index (Phi) is 6.22. The van der Waals surface area contributed by atoms with E-state index in [-0.39, 0.29) is 11.9 Å². The summed E-state index contributed by atoms with van der Waals surface area (Å²) in [4.78, 5) is 18.6. The predicted molar refractivity (Wildman–Crippen MR) is 95.6 cm³/mol. The average Bonchev–Trinajstić information content (AvgIpc) is 2.66. The van der Waals surface area contributed by atoms with Crippen molar-refractivity contribution >= 4 is 5.91 Å². The molecule has 134 valence electrons. The fourth-order valence-corrected chi connectivity index (χ4v) is 2.58. The molecule has 1 unspecified atom stereocenters.